The van der Waals surface area contributed by atoms with Gasteiger partial charge in [0.05, 0.1) is 6.04 Å². The van der Waals surface area contributed by atoms with Gasteiger partial charge in [-0.3, -0.25) is 0 Å². The number of para-hydroxylation sites is 1. The molecular formula is C17H23N3S. The largest absolute Gasteiger partial charge is 0.377 e. The van der Waals surface area contributed by atoms with Gasteiger partial charge in [-0.1, -0.05) is 18.2 Å². The number of thiazole rings is 1. The molecule has 1 aromatic heterocycles. The molecule has 0 bridgehead atoms. The van der Waals surface area contributed by atoms with E-state index in [1.54, 1.807) is 11.3 Å². The first kappa shape index (κ1) is 14.5. The van der Waals surface area contributed by atoms with Gasteiger partial charge in [0.1, 0.15) is 5.01 Å². The van der Waals surface area contributed by atoms with Crippen molar-refractivity contribution >= 4 is 17.0 Å². The van der Waals surface area contributed by atoms with Crippen molar-refractivity contribution in [3.05, 3.63) is 45.9 Å². The molecule has 0 amide bonds. The average Bonchev–Trinajstić information content (AvgIpc) is 3.21. The summed E-state index contributed by atoms with van der Waals surface area (Å²) in [6.45, 7) is 2.97. The first-order valence-corrected chi connectivity index (χ1v) is 8.44. The summed E-state index contributed by atoms with van der Waals surface area (Å²) in [7, 11) is 4.20. The molecule has 1 aromatic carbocycles. The summed E-state index contributed by atoms with van der Waals surface area (Å²) in [4.78, 5) is 6.86. The first-order valence-electron chi connectivity index (χ1n) is 7.56. The molecule has 3 nitrogen and oxygen atoms in total. The Kier molecular flexibility index (Phi) is 4.27. The van der Waals surface area contributed by atoms with Crippen LogP contribution in [-0.4, -0.2) is 19.1 Å². The number of benzene rings is 1. The summed E-state index contributed by atoms with van der Waals surface area (Å²) in [5, 5.41) is 7.14. The second-order valence-electron chi connectivity index (χ2n) is 6.05. The maximum atomic E-state index is 4.69. The van der Waals surface area contributed by atoms with E-state index >= 15 is 0 Å². The van der Waals surface area contributed by atoms with Crippen LogP contribution in [0.4, 0.5) is 5.69 Å². The number of hydrogen-bond donors (Lipinski definition) is 1. The van der Waals surface area contributed by atoms with Crippen molar-refractivity contribution in [2.45, 2.75) is 32.4 Å². The summed E-state index contributed by atoms with van der Waals surface area (Å²) >= 11 is 1.79. The fourth-order valence-electron chi connectivity index (χ4n) is 2.72. The Hall–Kier alpha value is -1.39. The van der Waals surface area contributed by atoms with Gasteiger partial charge in [0.25, 0.3) is 0 Å². The van der Waals surface area contributed by atoms with Gasteiger partial charge in [-0.25, -0.2) is 4.98 Å². The van der Waals surface area contributed by atoms with E-state index < -0.39 is 0 Å². The van der Waals surface area contributed by atoms with Crippen molar-refractivity contribution in [1.82, 2.24) is 10.3 Å². The Labute approximate surface area is 131 Å². The monoisotopic (exact) mass is 301 g/mol. The Balaban J connectivity index is 1.73. The summed E-state index contributed by atoms with van der Waals surface area (Å²) in [5.74, 6) is 0.766. The van der Waals surface area contributed by atoms with Crippen molar-refractivity contribution in [3.63, 3.8) is 0 Å². The van der Waals surface area contributed by atoms with Crippen LogP contribution in [0.15, 0.2) is 29.6 Å². The number of rotatable bonds is 6. The molecule has 1 heterocycles. The highest BCUT2D eigenvalue weighted by atomic mass is 32.1. The van der Waals surface area contributed by atoms with Crippen molar-refractivity contribution in [2.24, 2.45) is 5.92 Å². The third kappa shape index (κ3) is 3.44. The number of nitrogens with zero attached hydrogens (tertiary/aromatic N) is 2. The van der Waals surface area contributed by atoms with Crippen LogP contribution < -0.4 is 10.2 Å². The van der Waals surface area contributed by atoms with Crippen LogP contribution in [0, 0.1) is 12.8 Å². The lowest BCUT2D eigenvalue weighted by Gasteiger charge is -2.20. The minimum atomic E-state index is 0.416. The van der Waals surface area contributed by atoms with Crippen LogP contribution >= 0.6 is 11.3 Å². The fraction of sp³-hybridized carbons (Fsp3) is 0.471. The van der Waals surface area contributed by atoms with E-state index in [9.17, 15) is 0 Å². The quantitative estimate of drug-likeness (QED) is 0.880. The number of aromatic nitrogens is 1. The Morgan fingerprint density at radius 1 is 1.33 bits per heavy atom. The molecule has 1 saturated carbocycles. The standard InChI is InChI=1S/C17H23N3S/c1-12-11-21-17(19-12)16(13-8-9-13)18-10-14-6-4-5-7-15(14)20(2)3/h4-7,11,13,16,18H,8-10H2,1-3H3/t16-/m0/s1. The molecule has 1 atom stereocenters. The van der Waals surface area contributed by atoms with Crippen LogP contribution in [0.2, 0.25) is 0 Å². The minimum Gasteiger partial charge on any atom is -0.377 e. The molecule has 2 aromatic rings. The first-order chi connectivity index (χ1) is 10.1. The zero-order valence-electron chi connectivity index (χ0n) is 13.0. The lowest BCUT2D eigenvalue weighted by molar-refractivity contribution is 0.478. The van der Waals surface area contributed by atoms with Crippen LogP contribution in [0.25, 0.3) is 0 Å². The summed E-state index contributed by atoms with van der Waals surface area (Å²) in [5.41, 5.74) is 3.77. The summed E-state index contributed by atoms with van der Waals surface area (Å²) in [6.07, 6.45) is 2.65. The molecule has 1 aliphatic carbocycles. The van der Waals surface area contributed by atoms with Gasteiger partial charge in [-0.05, 0) is 37.3 Å². The van der Waals surface area contributed by atoms with Crippen LogP contribution in [-0.2, 0) is 6.54 Å². The maximum absolute atomic E-state index is 4.69. The molecule has 0 spiro atoms. The summed E-state index contributed by atoms with van der Waals surface area (Å²) < 4.78 is 0. The van der Waals surface area contributed by atoms with E-state index in [0.717, 1.165) is 18.2 Å². The predicted octanol–water partition coefficient (Wildman–Crippen LogP) is 3.76. The van der Waals surface area contributed by atoms with E-state index in [1.165, 1.54) is 29.1 Å². The van der Waals surface area contributed by atoms with Crippen molar-refractivity contribution in [3.8, 4) is 0 Å². The highest BCUT2D eigenvalue weighted by molar-refractivity contribution is 7.09. The number of anilines is 1. The molecule has 1 fully saturated rings. The van der Waals surface area contributed by atoms with Gasteiger partial charge in [0.2, 0.25) is 0 Å². The smallest absolute Gasteiger partial charge is 0.110 e. The van der Waals surface area contributed by atoms with Crippen molar-refractivity contribution < 1.29 is 0 Å². The number of nitrogens with one attached hydrogen (secondary N) is 1. The lowest BCUT2D eigenvalue weighted by atomic mass is 10.1. The maximum Gasteiger partial charge on any atom is 0.110 e. The zero-order valence-corrected chi connectivity index (χ0v) is 13.8. The third-order valence-electron chi connectivity index (χ3n) is 3.98. The minimum absolute atomic E-state index is 0.416. The van der Waals surface area contributed by atoms with Crippen LogP contribution in [0.1, 0.15) is 35.1 Å². The van der Waals surface area contributed by atoms with Gasteiger partial charge >= 0.3 is 0 Å². The molecule has 4 heteroatoms. The normalized spacial score (nSPS) is 16.0. The molecule has 0 radical (unpaired) electrons. The molecule has 1 N–H and O–H groups in total. The number of aryl methyl sites for hydroxylation is 1. The third-order valence-corrected chi connectivity index (χ3v) is 5.03. The molecule has 21 heavy (non-hydrogen) atoms. The van der Waals surface area contributed by atoms with Crippen molar-refractivity contribution in [2.75, 3.05) is 19.0 Å². The molecule has 0 saturated heterocycles. The average molecular weight is 301 g/mol. The van der Waals surface area contributed by atoms with Crippen LogP contribution in [0.3, 0.4) is 0 Å². The van der Waals surface area contributed by atoms with Gasteiger partial charge in [-0.15, -0.1) is 11.3 Å². The number of hydrogen-bond acceptors (Lipinski definition) is 4. The van der Waals surface area contributed by atoms with E-state index in [2.05, 4.69) is 65.9 Å². The Morgan fingerprint density at radius 3 is 2.71 bits per heavy atom. The van der Waals surface area contributed by atoms with E-state index in [4.69, 9.17) is 0 Å². The zero-order chi connectivity index (χ0) is 14.8. The van der Waals surface area contributed by atoms with Crippen molar-refractivity contribution in [1.29, 1.82) is 0 Å². The Morgan fingerprint density at radius 2 is 2.10 bits per heavy atom. The second kappa shape index (κ2) is 6.16. The highest BCUT2D eigenvalue weighted by Gasteiger charge is 2.33. The molecule has 112 valence electrons. The summed E-state index contributed by atoms with van der Waals surface area (Å²) in [6, 6.07) is 9.01. The molecular weight excluding hydrogens is 278 g/mol. The van der Waals surface area contributed by atoms with Gasteiger partial charge in [-0.2, -0.15) is 0 Å². The van der Waals surface area contributed by atoms with Gasteiger partial charge in [0.15, 0.2) is 0 Å². The Bertz CT molecular complexity index is 602. The molecule has 0 aliphatic heterocycles. The molecule has 3 rings (SSSR count). The van der Waals surface area contributed by atoms with E-state index in [1.807, 2.05) is 0 Å². The molecule has 0 unspecified atom stereocenters. The fourth-order valence-corrected chi connectivity index (χ4v) is 3.68. The highest BCUT2D eigenvalue weighted by Crippen LogP contribution is 2.42. The van der Waals surface area contributed by atoms with Gasteiger partial charge < -0.3 is 10.2 Å². The predicted molar refractivity (Wildman–Crippen MR) is 89.9 cm³/mol. The topological polar surface area (TPSA) is 28.2 Å². The van der Waals surface area contributed by atoms with Crippen LogP contribution in [0.5, 0.6) is 0 Å². The second-order valence-corrected chi connectivity index (χ2v) is 6.94. The van der Waals surface area contributed by atoms with E-state index in [0.29, 0.717) is 6.04 Å². The molecule has 1 aliphatic rings. The van der Waals surface area contributed by atoms with Gasteiger partial charge in [0, 0.05) is 37.4 Å². The lowest BCUT2D eigenvalue weighted by Crippen LogP contribution is -2.24. The SMILES string of the molecule is Cc1csc([C@@H](NCc2ccccc2N(C)C)C2CC2)n1. The van der Waals surface area contributed by atoms with E-state index in [-0.39, 0.29) is 0 Å².